The smallest absolute Gasteiger partial charge is 0.320 e. The molecular formula is C14H25NO2. The molecule has 0 spiro atoms. The Morgan fingerprint density at radius 3 is 2.65 bits per heavy atom. The fraction of sp³-hybridized carbons (Fsp3) is 0.929. The number of likely N-dealkylation sites (tertiary alicyclic amines) is 1. The summed E-state index contributed by atoms with van der Waals surface area (Å²) >= 11 is 0. The highest BCUT2D eigenvalue weighted by molar-refractivity contribution is 5.73. The van der Waals surface area contributed by atoms with Crippen molar-refractivity contribution in [2.45, 2.75) is 65.0 Å². The van der Waals surface area contributed by atoms with Crippen LogP contribution in [0.15, 0.2) is 0 Å². The van der Waals surface area contributed by atoms with Crippen molar-refractivity contribution in [1.82, 2.24) is 4.90 Å². The summed E-state index contributed by atoms with van der Waals surface area (Å²) in [7, 11) is 0. The molecule has 0 aromatic rings. The van der Waals surface area contributed by atoms with E-state index >= 15 is 0 Å². The van der Waals surface area contributed by atoms with Crippen molar-refractivity contribution >= 4 is 5.97 Å². The molecule has 1 unspecified atom stereocenters. The topological polar surface area (TPSA) is 40.5 Å². The van der Waals surface area contributed by atoms with Crippen LogP contribution in [0.25, 0.3) is 0 Å². The predicted molar refractivity (Wildman–Crippen MR) is 67.9 cm³/mol. The summed E-state index contributed by atoms with van der Waals surface area (Å²) in [5.74, 6) is 0.0947. The van der Waals surface area contributed by atoms with E-state index in [0.29, 0.717) is 11.5 Å². The molecule has 0 bridgehead atoms. The van der Waals surface area contributed by atoms with E-state index in [0.717, 1.165) is 31.7 Å². The van der Waals surface area contributed by atoms with Crippen molar-refractivity contribution in [3.8, 4) is 0 Å². The van der Waals surface area contributed by atoms with Gasteiger partial charge in [0.05, 0.1) is 0 Å². The summed E-state index contributed by atoms with van der Waals surface area (Å²) in [6, 6.07) is 0.262. The molecule has 1 heterocycles. The van der Waals surface area contributed by atoms with Gasteiger partial charge in [-0.3, -0.25) is 9.69 Å². The van der Waals surface area contributed by atoms with Gasteiger partial charge in [0, 0.05) is 6.04 Å². The van der Waals surface area contributed by atoms with Crippen molar-refractivity contribution in [2.75, 3.05) is 6.54 Å². The number of nitrogens with zero attached hydrogens (tertiary/aromatic N) is 1. The lowest BCUT2D eigenvalue weighted by atomic mass is 9.70. The lowest BCUT2D eigenvalue weighted by Crippen LogP contribution is -2.48. The zero-order valence-electron chi connectivity index (χ0n) is 11.3. The third kappa shape index (κ3) is 2.82. The third-order valence-corrected chi connectivity index (χ3v) is 4.41. The molecular weight excluding hydrogens is 214 g/mol. The van der Waals surface area contributed by atoms with Crippen molar-refractivity contribution in [3.05, 3.63) is 0 Å². The highest BCUT2D eigenvalue weighted by Crippen LogP contribution is 2.42. The highest BCUT2D eigenvalue weighted by atomic mass is 16.4. The van der Waals surface area contributed by atoms with E-state index in [-0.39, 0.29) is 6.04 Å². The molecule has 1 saturated carbocycles. The van der Waals surface area contributed by atoms with Crippen LogP contribution < -0.4 is 0 Å². The first kappa shape index (κ1) is 12.9. The maximum absolute atomic E-state index is 11.3. The van der Waals surface area contributed by atoms with Crippen LogP contribution in [-0.4, -0.2) is 34.6 Å². The summed E-state index contributed by atoms with van der Waals surface area (Å²) in [4.78, 5) is 13.5. The van der Waals surface area contributed by atoms with Gasteiger partial charge in [-0.25, -0.2) is 0 Å². The van der Waals surface area contributed by atoms with Crippen LogP contribution in [0.2, 0.25) is 0 Å². The van der Waals surface area contributed by atoms with Crippen LogP contribution in [0.5, 0.6) is 0 Å². The Morgan fingerprint density at radius 2 is 2.06 bits per heavy atom. The van der Waals surface area contributed by atoms with Gasteiger partial charge in [-0.05, 0) is 50.0 Å². The average molecular weight is 239 g/mol. The summed E-state index contributed by atoms with van der Waals surface area (Å²) in [6.07, 6.45) is 5.48. The van der Waals surface area contributed by atoms with E-state index in [1.54, 1.807) is 0 Å². The first-order valence-corrected chi connectivity index (χ1v) is 6.87. The van der Waals surface area contributed by atoms with Gasteiger partial charge in [0.15, 0.2) is 0 Å². The first-order chi connectivity index (χ1) is 7.89. The second-order valence-corrected chi connectivity index (χ2v) is 6.80. The predicted octanol–water partition coefficient (Wildman–Crippen LogP) is 2.75. The Hall–Kier alpha value is -0.570. The van der Waals surface area contributed by atoms with Crippen molar-refractivity contribution in [1.29, 1.82) is 0 Å². The average Bonchev–Trinajstić information content (AvgIpc) is 2.61. The van der Waals surface area contributed by atoms with E-state index in [2.05, 4.69) is 25.7 Å². The molecule has 0 radical (unpaired) electrons. The molecule has 3 nitrogen and oxygen atoms in total. The van der Waals surface area contributed by atoms with Gasteiger partial charge in [0.1, 0.15) is 6.04 Å². The number of hydrogen-bond donors (Lipinski definition) is 1. The number of carbonyl (C=O) groups is 1. The van der Waals surface area contributed by atoms with Crippen molar-refractivity contribution in [2.24, 2.45) is 11.3 Å². The van der Waals surface area contributed by atoms with Gasteiger partial charge in [-0.1, -0.05) is 20.8 Å². The van der Waals surface area contributed by atoms with Gasteiger partial charge in [-0.15, -0.1) is 0 Å². The minimum Gasteiger partial charge on any atom is -0.480 e. The first-order valence-electron chi connectivity index (χ1n) is 6.87. The minimum absolute atomic E-state index is 0.221. The van der Waals surface area contributed by atoms with E-state index in [4.69, 9.17) is 0 Å². The fourth-order valence-corrected chi connectivity index (χ4v) is 4.04. The molecule has 1 saturated heterocycles. The monoisotopic (exact) mass is 239 g/mol. The Kier molecular flexibility index (Phi) is 3.48. The number of aliphatic carboxylic acids is 1. The van der Waals surface area contributed by atoms with Crippen molar-refractivity contribution in [3.63, 3.8) is 0 Å². The van der Waals surface area contributed by atoms with Crippen LogP contribution in [0.1, 0.15) is 52.9 Å². The zero-order valence-corrected chi connectivity index (χ0v) is 11.3. The normalized spacial score (nSPS) is 38.2. The summed E-state index contributed by atoms with van der Waals surface area (Å²) in [5, 5.41) is 9.27. The van der Waals surface area contributed by atoms with Gasteiger partial charge in [0.2, 0.25) is 0 Å². The molecule has 3 atom stereocenters. The summed E-state index contributed by atoms with van der Waals surface area (Å²) in [6.45, 7) is 7.92. The molecule has 2 rings (SSSR count). The Labute approximate surface area is 104 Å². The van der Waals surface area contributed by atoms with Gasteiger partial charge in [0.25, 0.3) is 0 Å². The Bertz CT molecular complexity index is 301. The molecule has 3 heteroatoms. The lowest BCUT2D eigenvalue weighted by Gasteiger charge is -2.44. The molecule has 0 amide bonds. The third-order valence-electron chi connectivity index (χ3n) is 4.41. The van der Waals surface area contributed by atoms with Gasteiger partial charge in [-0.2, -0.15) is 0 Å². The minimum atomic E-state index is -0.626. The SMILES string of the molecule is C[C@@H]1CC(N2CCC[C@H]2C(=O)O)CC(C)(C)C1. The maximum Gasteiger partial charge on any atom is 0.320 e. The molecule has 98 valence electrons. The molecule has 17 heavy (non-hydrogen) atoms. The summed E-state index contributed by atoms with van der Waals surface area (Å²) in [5.41, 5.74) is 0.369. The van der Waals surface area contributed by atoms with E-state index in [1.165, 1.54) is 12.8 Å². The zero-order chi connectivity index (χ0) is 12.6. The molecule has 1 aliphatic heterocycles. The molecule has 1 aliphatic carbocycles. The molecule has 0 aromatic heterocycles. The molecule has 2 aliphatic rings. The lowest BCUT2D eigenvalue weighted by molar-refractivity contribution is -0.143. The maximum atomic E-state index is 11.3. The second-order valence-electron chi connectivity index (χ2n) is 6.80. The van der Waals surface area contributed by atoms with Crippen LogP contribution in [0, 0.1) is 11.3 Å². The molecule has 2 fully saturated rings. The van der Waals surface area contributed by atoms with E-state index in [1.807, 2.05) is 0 Å². The van der Waals surface area contributed by atoms with Crippen LogP contribution >= 0.6 is 0 Å². The standard InChI is InChI=1S/C14H25NO2/c1-10-7-11(9-14(2,3)8-10)15-6-4-5-12(15)13(16)17/h10-12H,4-9H2,1-3H3,(H,16,17)/t10-,11?,12+/m1/s1. The van der Waals surface area contributed by atoms with E-state index in [9.17, 15) is 9.90 Å². The highest BCUT2D eigenvalue weighted by Gasteiger charge is 2.40. The summed E-state index contributed by atoms with van der Waals surface area (Å²) < 4.78 is 0. The number of carboxylic acid groups (broad SMARTS) is 1. The number of hydrogen-bond acceptors (Lipinski definition) is 2. The quantitative estimate of drug-likeness (QED) is 0.805. The number of rotatable bonds is 2. The molecule has 0 aromatic carbocycles. The van der Waals surface area contributed by atoms with Gasteiger partial charge < -0.3 is 5.11 Å². The fourth-order valence-electron chi connectivity index (χ4n) is 4.04. The molecule has 1 N–H and O–H groups in total. The largest absolute Gasteiger partial charge is 0.480 e. The van der Waals surface area contributed by atoms with Crippen LogP contribution in [-0.2, 0) is 4.79 Å². The van der Waals surface area contributed by atoms with Crippen LogP contribution in [0.3, 0.4) is 0 Å². The van der Waals surface area contributed by atoms with E-state index < -0.39 is 5.97 Å². The number of carboxylic acids is 1. The van der Waals surface area contributed by atoms with Crippen LogP contribution in [0.4, 0.5) is 0 Å². The Balaban J connectivity index is 2.08. The van der Waals surface area contributed by atoms with Crippen molar-refractivity contribution < 1.29 is 9.90 Å². The Morgan fingerprint density at radius 1 is 1.35 bits per heavy atom. The van der Waals surface area contributed by atoms with Gasteiger partial charge >= 0.3 is 5.97 Å². The second kappa shape index (κ2) is 4.60.